The molecule has 0 unspecified atom stereocenters. The molecule has 1 fully saturated rings. The van der Waals surface area contributed by atoms with Crippen molar-refractivity contribution < 1.29 is 0 Å². The Morgan fingerprint density at radius 2 is 1.89 bits per heavy atom. The Bertz CT molecular complexity index is 390. The molecular formula is C15H26N4. The molecule has 0 radical (unpaired) electrons. The molecule has 0 saturated heterocycles. The van der Waals surface area contributed by atoms with Crippen LogP contribution in [0.5, 0.6) is 0 Å². The second kappa shape index (κ2) is 5.87. The molecule has 4 nitrogen and oxygen atoms in total. The van der Waals surface area contributed by atoms with Gasteiger partial charge in [0.15, 0.2) is 0 Å². The van der Waals surface area contributed by atoms with Crippen LogP contribution in [-0.2, 0) is 6.54 Å². The highest BCUT2D eigenvalue weighted by molar-refractivity contribution is 5.28. The van der Waals surface area contributed by atoms with Gasteiger partial charge >= 0.3 is 0 Å². The second-order valence-electron chi connectivity index (χ2n) is 6.67. The smallest absolute Gasteiger partial charge is 0.225 e. The molecule has 0 aliphatic heterocycles. The van der Waals surface area contributed by atoms with Crippen LogP contribution in [0.3, 0.4) is 0 Å². The predicted molar refractivity (Wildman–Crippen MR) is 79.2 cm³/mol. The van der Waals surface area contributed by atoms with E-state index in [0.717, 1.165) is 30.5 Å². The average Bonchev–Trinajstić information content (AvgIpc) is 2.31. The van der Waals surface area contributed by atoms with E-state index >= 15 is 0 Å². The first-order valence-corrected chi connectivity index (χ1v) is 7.21. The Hall–Kier alpha value is -1.16. The maximum atomic E-state index is 4.47. The molecule has 0 atom stereocenters. The molecular weight excluding hydrogens is 236 g/mol. The highest BCUT2D eigenvalue weighted by atomic mass is 15.2. The monoisotopic (exact) mass is 262 g/mol. The van der Waals surface area contributed by atoms with E-state index in [0.29, 0.717) is 0 Å². The molecule has 0 amide bonds. The molecule has 0 spiro atoms. The van der Waals surface area contributed by atoms with Gasteiger partial charge in [0.05, 0.1) is 0 Å². The molecule has 1 aromatic heterocycles. The quantitative estimate of drug-likeness (QED) is 0.885. The summed E-state index contributed by atoms with van der Waals surface area (Å²) in [6.07, 6.45) is 7.96. The molecule has 19 heavy (non-hydrogen) atoms. The van der Waals surface area contributed by atoms with Gasteiger partial charge in [-0.2, -0.15) is 0 Å². The molecule has 0 bridgehead atoms. The molecule has 106 valence electrons. The average molecular weight is 262 g/mol. The van der Waals surface area contributed by atoms with Crippen LogP contribution >= 0.6 is 0 Å². The summed E-state index contributed by atoms with van der Waals surface area (Å²) >= 11 is 0. The number of nitrogens with zero attached hydrogens (tertiary/aromatic N) is 3. The van der Waals surface area contributed by atoms with Gasteiger partial charge in [-0.3, -0.25) is 0 Å². The maximum Gasteiger partial charge on any atom is 0.225 e. The largest absolute Gasteiger partial charge is 0.344 e. The summed E-state index contributed by atoms with van der Waals surface area (Å²) in [6, 6.07) is 0. The molecule has 0 aromatic carbocycles. The SMILES string of the molecule is CN(CC1CCC1)c1ncc(CNC(C)(C)C)cn1. The molecule has 1 aromatic rings. The van der Waals surface area contributed by atoms with Crippen molar-refractivity contribution >= 4 is 5.95 Å². The highest BCUT2D eigenvalue weighted by Gasteiger charge is 2.20. The lowest BCUT2D eigenvalue weighted by molar-refractivity contribution is 0.320. The van der Waals surface area contributed by atoms with E-state index < -0.39 is 0 Å². The normalized spacial score (nSPS) is 16.2. The van der Waals surface area contributed by atoms with Gasteiger partial charge in [-0.25, -0.2) is 9.97 Å². The molecule has 1 aliphatic carbocycles. The number of aromatic nitrogens is 2. The van der Waals surface area contributed by atoms with Crippen LogP contribution in [0, 0.1) is 5.92 Å². The third-order valence-electron chi connectivity index (χ3n) is 3.61. The van der Waals surface area contributed by atoms with E-state index in [2.05, 4.69) is 48.0 Å². The van der Waals surface area contributed by atoms with Crippen molar-refractivity contribution in [2.45, 2.75) is 52.1 Å². The summed E-state index contributed by atoms with van der Waals surface area (Å²) in [7, 11) is 2.08. The summed E-state index contributed by atoms with van der Waals surface area (Å²) in [5.41, 5.74) is 1.26. The summed E-state index contributed by atoms with van der Waals surface area (Å²) in [6.45, 7) is 8.38. The van der Waals surface area contributed by atoms with Gasteiger partial charge in [0.1, 0.15) is 0 Å². The fourth-order valence-corrected chi connectivity index (χ4v) is 2.15. The zero-order valence-electron chi connectivity index (χ0n) is 12.6. The molecule has 1 heterocycles. The molecule has 1 aliphatic rings. The van der Waals surface area contributed by atoms with Gasteiger partial charge < -0.3 is 10.2 Å². The van der Waals surface area contributed by atoms with E-state index in [1.165, 1.54) is 19.3 Å². The van der Waals surface area contributed by atoms with Crippen molar-refractivity contribution in [1.29, 1.82) is 0 Å². The number of anilines is 1. The van der Waals surface area contributed by atoms with Crippen LogP contribution in [0.4, 0.5) is 5.95 Å². The van der Waals surface area contributed by atoms with Gasteiger partial charge in [-0.1, -0.05) is 6.42 Å². The summed E-state index contributed by atoms with van der Waals surface area (Å²) in [5.74, 6) is 1.68. The second-order valence-corrected chi connectivity index (χ2v) is 6.67. The molecule has 1 saturated carbocycles. The molecule has 4 heteroatoms. The Morgan fingerprint density at radius 1 is 1.26 bits per heavy atom. The molecule has 2 rings (SSSR count). The van der Waals surface area contributed by atoms with E-state index in [4.69, 9.17) is 0 Å². The maximum absolute atomic E-state index is 4.47. The summed E-state index contributed by atoms with van der Waals surface area (Å²) in [5, 5.41) is 3.44. The summed E-state index contributed by atoms with van der Waals surface area (Å²) in [4.78, 5) is 11.1. The van der Waals surface area contributed by atoms with Crippen molar-refractivity contribution in [3.8, 4) is 0 Å². The minimum Gasteiger partial charge on any atom is -0.344 e. The third-order valence-corrected chi connectivity index (χ3v) is 3.61. The third kappa shape index (κ3) is 4.46. The Balaban J connectivity index is 1.86. The van der Waals surface area contributed by atoms with Gasteiger partial charge in [0, 0.05) is 43.6 Å². The number of hydrogen-bond donors (Lipinski definition) is 1. The first kappa shape index (κ1) is 14.3. The van der Waals surface area contributed by atoms with Crippen LogP contribution in [-0.4, -0.2) is 29.1 Å². The van der Waals surface area contributed by atoms with E-state index in [1.54, 1.807) is 0 Å². The van der Waals surface area contributed by atoms with Crippen LogP contribution in [0.25, 0.3) is 0 Å². The zero-order chi connectivity index (χ0) is 13.9. The number of nitrogens with one attached hydrogen (secondary N) is 1. The Kier molecular flexibility index (Phi) is 4.40. The van der Waals surface area contributed by atoms with Crippen LogP contribution in [0.2, 0.25) is 0 Å². The lowest BCUT2D eigenvalue weighted by Crippen LogP contribution is -2.35. The van der Waals surface area contributed by atoms with E-state index in [-0.39, 0.29) is 5.54 Å². The Labute approximate surface area is 116 Å². The van der Waals surface area contributed by atoms with Crippen molar-refractivity contribution in [3.63, 3.8) is 0 Å². The van der Waals surface area contributed by atoms with Crippen LogP contribution in [0.1, 0.15) is 45.6 Å². The minimum absolute atomic E-state index is 0.125. The van der Waals surface area contributed by atoms with Gasteiger partial charge in [-0.05, 0) is 39.5 Å². The predicted octanol–water partition coefficient (Wildman–Crippen LogP) is 2.60. The lowest BCUT2D eigenvalue weighted by Gasteiger charge is -2.30. The fourth-order valence-electron chi connectivity index (χ4n) is 2.15. The zero-order valence-corrected chi connectivity index (χ0v) is 12.6. The first-order chi connectivity index (χ1) is 8.94. The topological polar surface area (TPSA) is 41.1 Å². The lowest BCUT2D eigenvalue weighted by atomic mass is 9.85. The summed E-state index contributed by atoms with van der Waals surface area (Å²) < 4.78 is 0. The Morgan fingerprint density at radius 3 is 2.37 bits per heavy atom. The first-order valence-electron chi connectivity index (χ1n) is 7.21. The van der Waals surface area contributed by atoms with Crippen molar-refractivity contribution in [2.24, 2.45) is 5.92 Å². The fraction of sp³-hybridized carbons (Fsp3) is 0.733. The van der Waals surface area contributed by atoms with E-state index in [9.17, 15) is 0 Å². The van der Waals surface area contributed by atoms with Crippen molar-refractivity contribution in [1.82, 2.24) is 15.3 Å². The number of hydrogen-bond acceptors (Lipinski definition) is 4. The van der Waals surface area contributed by atoms with Crippen LogP contribution in [0.15, 0.2) is 12.4 Å². The van der Waals surface area contributed by atoms with Crippen molar-refractivity contribution in [2.75, 3.05) is 18.5 Å². The van der Waals surface area contributed by atoms with Gasteiger partial charge in [0.2, 0.25) is 5.95 Å². The van der Waals surface area contributed by atoms with Gasteiger partial charge in [0.25, 0.3) is 0 Å². The van der Waals surface area contributed by atoms with Crippen LogP contribution < -0.4 is 10.2 Å². The highest BCUT2D eigenvalue weighted by Crippen LogP contribution is 2.27. The molecule has 1 N–H and O–H groups in total. The standard InChI is InChI=1S/C15H26N4/c1-15(2,3)18-10-13-8-16-14(17-9-13)19(4)11-12-6-5-7-12/h8-9,12,18H,5-7,10-11H2,1-4H3. The van der Waals surface area contributed by atoms with E-state index in [1.807, 2.05) is 12.4 Å². The minimum atomic E-state index is 0.125. The number of rotatable bonds is 5. The van der Waals surface area contributed by atoms with Gasteiger partial charge in [-0.15, -0.1) is 0 Å². The van der Waals surface area contributed by atoms with Crippen molar-refractivity contribution in [3.05, 3.63) is 18.0 Å².